The number of pyridine rings is 1. The van der Waals surface area contributed by atoms with Crippen molar-refractivity contribution in [1.29, 1.82) is 0 Å². The number of fused-ring (bicyclic) bond motifs is 1. The molecule has 11 heteroatoms. The van der Waals surface area contributed by atoms with E-state index in [-0.39, 0.29) is 11.0 Å². The summed E-state index contributed by atoms with van der Waals surface area (Å²) in [6.07, 6.45) is 7.24. The maximum absolute atomic E-state index is 13.0. The lowest BCUT2D eigenvalue weighted by Gasteiger charge is -2.31. The Labute approximate surface area is 200 Å². The van der Waals surface area contributed by atoms with Gasteiger partial charge in [-0.2, -0.15) is 9.61 Å². The van der Waals surface area contributed by atoms with Crippen LogP contribution in [0.2, 0.25) is 0 Å². The fourth-order valence-electron chi connectivity index (χ4n) is 3.85. The normalized spacial score (nSPS) is 18.1. The zero-order valence-electron chi connectivity index (χ0n) is 17.0. The predicted octanol–water partition coefficient (Wildman–Crippen LogP) is 4.17. The predicted molar refractivity (Wildman–Crippen MR) is 128 cm³/mol. The number of thiophene rings is 1. The molecule has 2 atom stereocenters. The molecule has 0 radical (unpaired) electrons. The number of aromatic hydroxyl groups is 1. The zero-order valence-corrected chi connectivity index (χ0v) is 20.2. The molecule has 1 aliphatic rings. The van der Waals surface area contributed by atoms with Crippen molar-refractivity contribution in [3.63, 3.8) is 0 Å². The first kappa shape index (κ1) is 21.5. The van der Waals surface area contributed by atoms with Gasteiger partial charge in [0.1, 0.15) is 21.0 Å². The van der Waals surface area contributed by atoms with E-state index in [1.54, 1.807) is 29.0 Å². The highest BCUT2D eigenvalue weighted by molar-refractivity contribution is 9.10. The van der Waals surface area contributed by atoms with Crippen LogP contribution >= 0.6 is 27.3 Å². The Morgan fingerprint density at radius 1 is 1.31 bits per heavy atom. The van der Waals surface area contributed by atoms with Gasteiger partial charge in [-0.25, -0.2) is 13.5 Å². The summed E-state index contributed by atoms with van der Waals surface area (Å²) >= 11 is 4.72. The SMILES string of the molecule is O=S(c1ccc(O)s1)N1CCCC(c2cc(NCc3cccnc3)n3ncc(Br)c3n2)C1. The number of aromatic nitrogens is 4. The third-order valence-corrected chi connectivity index (χ3v) is 8.62. The van der Waals surface area contributed by atoms with Crippen molar-refractivity contribution < 1.29 is 9.32 Å². The van der Waals surface area contributed by atoms with Gasteiger partial charge in [-0.1, -0.05) is 17.4 Å². The average Bonchev–Trinajstić information content (AvgIpc) is 3.43. The highest BCUT2D eigenvalue weighted by Crippen LogP contribution is 2.33. The van der Waals surface area contributed by atoms with E-state index in [0.29, 0.717) is 17.3 Å². The summed E-state index contributed by atoms with van der Waals surface area (Å²) in [4.78, 5) is 9.06. The molecule has 2 unspecified atom stereocenters. The molecule has 8 nitrogen and oxygen atoms in total. The largest absolute Gasteiger partial charge is 0.499 e. The lowest BCUT2D eigenvalue weighted by molar-refractivity contribution is 0.327. The Kier molecular flexibility index (Phi) is 6.22. The molecular weight excluding hydrogens is 512 g/mol. The van der Waals surface area contributed by atoms with E-state index in [4.69, 9.17) is 4.98 Å². The minimum atomic E-state index is -1.29. The van der Waals surface area contributed by atoms with E-state index >= 15 is 0 Å². The van der Waals surface area contributed by atoms with E-state index in [1.807, 2.05) is 28.7 Å². The van der Waals surface area contributed by atoms with Gasteiger partial charge in [-0.15, -0.1) is 0 Å². The van der Waals surface area contributed by atoms with E-state index in [1.165, 1.54) is 0 Å². The van der Waals surface area contributed by atoms with Crippen molar-refractivity contribution in [2.75, 3.05) is 18.4 Å². The van der Waals surface area contributed by atoms with Gasteiger partial charge in [0.25, 0.3) is 0 Å². The second kappa shape index (κ2) is 9.26. The maximum Gasteiger partial charge on any atom is 0.172 e. The fourth-order valence-corrected chi connectivity index (χ4v) is 6.58. The summed E-state index contributed by atoms with van der Waals surface area (Å²) in [5.74, 6) is 0.993. The van der Waals surface area contributed by atoms with Crippen LogP contribution < -0.4 is 5.32 Å². The van der Waals surface area contributed by atoms with Crippen LogP contribution in [0.15, 0.2) is 57.6 Å². The number of hydrogen-bond acceptors (Lipinski definition) is 7. The van der Waals surface area contributed by atoms with Crippen LogP contribution in [0, 0.1) is 0 Å². The average molecular weight is 533 g/mol. The van der Waals surface area contributed by atoms with Crippen LogP contribution in [-0.4, -0.2) is 46.3 Å². The fraction of sp³-hybridized carbons (Fsp3) is 0.286. The minimum absolute atomic E-state index is 0.145. The topological polar surface area (TPSA) is 95.7 Å². The second-order valence-corrected chi connectivity index (χ2v) is 11.2. The number of anilines is 1. The number of piperidine rings is 1. The van der Waals surface area contributed by atoms with E-state index in [0.717, 1.165) is 57.9 Å². The molecule has 0 spiro atoms. The molecule has 5 heterocycles. The van der Waals surface area contributed by atoms with E-state index < -0.39 is 11.0 Å². The zero-order chi connectivity index (χ0) is 22.1. The lowest BCUT2D eigenvalue weighted by Crippen LogP contribution is -2.35. The van der Waals surface area contributed by atoms with Gasteiger partial charge in [0.2, 0.25) is 0 Å². The van der Waals surface area contributed by atoms with Gasteiger partial charge in [-0.3, -0.25) is 4.98 Å². The first-order valence-corrected chi connectivity index (χ1v) is 12.9. The van der Waals surface area contributed by atoms with Crippen LogP contribution in [0.5, 0.6) is 5.06 Å². The molecular formula is C21H21BrN6O2S2. The summed E-state index contributed by atoms with van der Waals surface area (Å²) in [5, 5.41) is 17.7. The van der Waals surface area contributed by atoms with E-state index in [9.17, 15) is 9.32 Å². The van der Waals surface area contributed by atoms with Crippen molar-refractivity contribution in [2.24, 2.45) is 0 Å². The third-order valence-electron chi connectivity index (χ3n) is 5.42. The Morgan fingerprint density at radius 3 is 3.00 bits per heavy atom. The van der Waals surface area contributed by atoms with Gasteiger partial charge in [0.05, 0.1) is 16.4 Å². The third kappa shape index (κ3) is 4.42. The summed E-state index contributed by atoms with van der Waals surface area (Å²) in [6, 6.07) is 9.30. The van der Waals surface area contributed by atoms with Crippen LogP contribution in [0.25, 0.3) is 5.65 Å². The Bertz CT molecular complexity index is 1260. The van der Waals surface area contributed by atoms with Gasteiger partial charge >= 0.3 is 0 Å². The monoisotopic (exact) mass is 532 g/mol. The van der Waals surface area contributed by atoms with Crippen LogP contribution in [0.1, 0.15) is 30.0 Å². The molecule has 0 aliphatic carbocycles. The van der Waals surface area contributed by atoms with Gasteiger partial charge in [0.15, 0.2) is 10.7 Å². The molecule has 4 aromatic rings. The number of nitrogens with zero attached hydrogens (tertiary/aromatic N) is 5. The standard InChI is InChI=1S/C21H21BrN6O2S2/c22-16-12-25-28-18(24-11-14-3-1-7-23-10-14)9-17(26-21(16)28)15-4-2-8-27(13-15)32(30)20-6-5-19(29)31-20/h1,3,5-7,9-10,12,15,24,29H,2,4,8,11,13H2. The quantitative estimate of drug-likeness (QED) is 0.387. The number of hydrogen-bond donors (Lipinski definition) is 2. The Morgan fingerprint density at radius 2 is 2.22 bits per heavy atom. The molecule has 1 aliphatic heterocycles. The molecule has 0 saturated carbocycles. The molecule has 1 saturated heterocycles. The van der Waals surface area contributed by atoms with Crippen LogP contribution in [0.4, 0.5) is 5.82 Å². The maximum atomic E-state index is 13.0. The molecule has 2 N–H and O–H groups in total. The minimum Gasteiger partial charge on any atom is -0.499 e. The van der Waals surface area contributed by atoms with Crippen molar-refractivity contribution in [1.82, 2.24) is 23.9 Å². The summed E-state index contributed by atoms with van der Waals surface area (Å²) < 4.78 is 18.3. The molecule has 0 bridgehead atoms. The van der Waals surface area contributed by atoms with Gasteiger partial charge in [-0.05, 0) is 52.5 Å². The van der Waals surface area contributed by atoms with Crippen molar-refractivity contribution >= 4 is 49.7 Å². The highest BCUT2D eigenvalue weighted by Gasteiger charge is 2.28. The molecule has 166 valence electrons. The molecule has 32 heavy (non-hydrogen) atoms. The first-order chi connectivity index (χ1) is 15.6. The second-order valence-electron chi connectivity index (χ2n) is 7.58. The lowest BCUT2D eigenvalue weighted by atomic mass is 9.96. The number of rotatable bonds is 6. The Balaban J connectivity index is 1.41. The van der Waals surface area contributed by atoms with Crippen molar-refractivity contribution in [2.45, 2.75) is 29.5 Å². The highest BCUT2D eigenvalue weighted by atomic mass is 79.9. The Hall–Kier alpha value is -2.34. The van der Waals surface area contributed by atoms with Crippen molar-refractivity contribution in [3.05, 3.63) is 64.7 Å². The van der Waals surface area contributed by atoms with Crippen molar-refractivity contribution in [3.8, 4) is 5.06 Å². The molecule has 5 rings (SSSR count). The summed E-state index contributed by atoms with van der Waals surface area (Å²) in [5.41, 5.74) is 2.77. The van der Waals surface area contributed by atoms with Crippen LogP contribution in [0.3, 0.4) is 0 Å². The van der Waals surface area contributed by atoms with Gasteiger partial charge < -0.3 is 10.4 Å². The number of nitrogens with one attached hydrogen (secondary N) is 1. The first-order valence-electron chi connectivity index (χ1n) is 10.2. The molecule has 4 aromatic heterocycles. The van der Waals surface area contributed by atoms with E-state index in [2.05, 4.69) is 31.3 Å². The molecule has 0 amide bonds. The van der Waals surface area contributed by atoms with Gasteiger partial charge in [0, 0.05) is 44.0 Å². The smallest absolute Gasteiger partial charge is 0.172 e. The molecule has 0 aromatic carbocycles. The summed E-state index contributed by atoms with van der Waals surface area (Å²) in [6.45, 7) is 2.02. The molecule has 1 fully saturated rings. The van der Waals surface area contributed by atoms with Crippen LogP contribution in [-0.2, 0) is 17.5 Å². The number of halogens is 1. The summed E-state index contributed by atoms with van der Waals surface area (Å²) in [7, 11) is -1.29.